The van der Waals surface area contributed by atoms with Crippen molar-refractivity contribution >= 4 is 16.8 Å². The molecule has 0 unspecified atom stereocenters. The van der Waals surface area contributed by atoms with Crippen LogP contribution in [-0.2, 0) is 6.54 Å². The Morgan fingerprint density at radius 3 is 3.00 bits per heavy atom. The van der Waals surface area contributed by atoms with E-state index in [1.54, 1.807) is 6.33 Å². The number of benzene rings is 1. The predicted octanol–water partition coefficient (Wildman–Crippen LogP) is 2.78. The third kappa shape index (κ3) is 1.95. The van der Waals surface area contributed by atoms with Gasteiger partial charge in [0.25, 0.3) is 0 Å². The van der Waals surface area contributed by atoms with E-state index in [1.807, 2.05) is 32.0 Å². The number of nitrogens with one attached hydrogen (secondary N) is 2. The minimum Gasteiger partial charge on any atom is -0.441 e. The van der Waals surface area contributed by atoms with Crippen molar-refractivity contribution in [3.63, 3.8) is 0 Å². The molecule has 5 heteroatoms. The van der Waals surface area contributed by atoms with E-state index in [1.165, 1.54) is 0 Å². The van der Waals surface area contributed by atoms with Crippen LogP contribution in [0.25, 0.3) is 11.1 Å². The van der Waals surface area contributed by atoms with Gasteiger partial charge in [-0.05, 0) is 25.1 Å². The van der Waals surface area contributed by atoms with Crippen molar-refractivity contribution in [3.8, 4) is 0 Å². The first-order chi connectivity index (χ1) is 8.72. The SMILES string of the molecule is Cc1nc2cc(NCc3nc[nH]c3C)ccc2o1. The van der Waals surface area contributed by atoms with Gasteiger partial charge in [-0.15, -0.1) is 0 Å². The monoisotopic (exact) mass is 242 g/mol. The largest absolute Gasteiger partial charge is 0.441 e. The fourth-order valence-electron chi connectivity index (χ4n) is 1.90. The van der Waals surface area contributed by atoms with Crippen molar-refractivity contribution < 1.29 is 4.42 Å². The van der Waals surface area contributed by atoms with Gasteiger partial charge in [0.2, 0.25) is 0 Å². The first-order valence-corrected chi connectivity index (χ1v) is 5.82. The van der Waals surface area contributed by atoms with Crippen molar-refractivity contribution in [1.29, 1.82) is 0 Å². The number of aryl methyl sites for hydroxylation is 2. The van der Waals surface area contributed by atoms with Crippen molar-refractivity contribution in [2.75, 3.05) is 5.32 Å². The summed E-state index contributed by atoms with van der Waals surface area (Å²) in [6, 6.07) is 5.89. The first-order valence-electron chi connectivity index (χ1n) is 5.82. The molecule has 0 aliphatic rings. The Morgan fingerprint density at radius 2 is 2.22 bits per heavy atom. The fraction of sp³-hybridized carbons (Fsp3) is 0.231. The minimum absolute atomic E-state index is 0.685. The molecule has 0 amide bonds. The highest BCUT2D eigenvalue weighted by Crippen LogP contribution is 2.20. The Labute approximate surface area is 104 Å². The van der Waals surface area contributed by atoms with Crippen molar-refractivity contribution in [2.45, 2.75) is 20.4 Å². The molecule has 2 heterocycles. The molecule has 0 bridgehead atoms. The summed E-state index contributed by atoms with van der Waals surface area (Å²) in [5.41, 5.74) is 4.80. The molecule has 5 nitrogen and oxygen atoms in total. The minimum atomic E-state index is 0.685. The van der Waals surface area contributed by atoms with Crippen LogP contribution in [0.15, 0.2) is 28.9 Å². The van der Waals surface area contributed by atoms with Crippen LogP contribution in [0, 0.1) is 13.8 Å². The molecule has 0 radical (unpaired) electrons. The van der Waals surface area contributed by atoms with Gasteiger partial charge in [-0.25, -0.2) is 9.97 Å². The molecular weight excluding hydrogens is 228 g/mol. The Kier molecular flexibility index (Phi) is 2.51. The van der Waals surface area contributed by atoms with E-state index in [4.69, 9.17) is 4.42 Å². The first kappa shape index (κ1) is 10.8. The predicted molar refractivity (Wildman–Crippen MR) is 69.4 cm³/mol. The number of nitrogens with zero attached hydrogens (tertiary/aromatic N) is 2. The summed E-state index contributed by atoms with van der Waals surface area (Å²) in [7, 11) is 0. The molecule has 0 saturated heterocycles. The van der Waals surface area contributed by atoms with E-state index in [2.05, 4.69) is 20.3 Å². The number of oxazole rings is 1. The molecule has 2 N–H and O–H groups in total. The quantitative estimate of drug-likeness (QED) is 0.741. The molecule has 3 rings (SSSR count). The van der Waals surface area contributed by atoms with Gasteiger partial charge in [0.05, 0.1) is 18.6 Å². The maximum Gasteiger partial charge on any atom is 0.192 e. The molecule has 0 spiro atoms. The van der Waals surface area contributed by atoms with Crippen molar-refractivity contribution in [1.82, 2.24) is 15.0 Å². The Morgan fingerprint density at radius 1 is 1.33 bits per heavy atom. The highest BCUT2D eigenvalue weighted by atomic mass is 16.3. The average molecular weight is 242 g/mol. The second-order valence-corrected chi connectivity index (χ2v) is 4.24. The fourth-order valence-corrected chi connectivity index (χ4v) is 1.90. The maximum absolute atomic E-state index is 5.44. The Hall–Kier alpha value is -2.30. The van der Waals surface area contributed by atoms with Gasteiger partial charge in [0.15, 0.2) is 11.5 Å². The van der Waals surface area contributed by atoms with E-state index in [0.717, 1.165) is 28.2 Å². The molecule has 0 fully saturated rings. The molecule has 0 aliphatic carbocycles. The topological polar surface area (TPSA) is 66.7 Å². The van der Waals surface area contributed by atoms with E-state index < -0.39 is 0 Å². The summed E-state index contributed by atoms with van der Waals surface area (Å²) in [6.07, 6.45) is 1.70. The zero-order chi connectivity index (χ0) is 12.5. The van der Waals surface area contributed by atoms with Crippen LogP contribution in [0.4, 0.5) is 5.69 Å². The summed E-state index contributed by atoms with van der Waals surface area (Å²) in [6.45, 7) is 4.55. The standard InChI is InChI=1S/C13H14N4O/c1-8-12(16-7-15-8)6-14-10-3-4-13-11(5-10)17-9(2)18-13/h3-5,7,14H,6H2,1-2H3,(H,15,16). The number of anilines is 1. The molecule has 3 aromatic rings. The number of rotatable bonds is 3. The zero-order valence-corrected chi connectivity index (χ0v) is 10.3. The number of imidazole rings is 1. The molecule has 1 aromatic carbocycles. The van der Waals surface area contributed by atoms with Crippen LogP contribution < -0.4 is 5.32 Å². The van der Waals surface area contributed by atoms with E-state index >= 15 is 0 Å². The van der Waals surface area contributed by atoms with Crippen LogP contribution in [0.5, 0.6) is 0 Å². The summed E-state index contributed by atoms with van der Waals surface area (Å²) < 4.78 is 5.44. The van der Waals surface area contributed by atoms with Gasteiger partial charge in [-0.3, -0.25) is 0 Å². The number of fused-ring (bicyclic) bond motifs is 1. The normalized spacial score (nSPS) is 11.0. The Balaban J connectivity index is 1.80. The van der Waals surface area contributed by atoms with Gasteiger partial charge < -0.3 is 14.7 Å². The molecule has 18 heavy (non-hydrogen) atoms. The molecule has 0 aliphatic heterocycles. The number of hydrogen-bond acceptors (Lipinski definition) is 4. The lowest BCUT2D eigenvalue weighted by Gasteiger charge is -2.04. The number of H-pyrrole nitrogens is 1. The van der Waals surface area contributed by atoms with Gasteiger partial charge in [0.1, 0.15) is 5.52 Å². The lowest BCUT2D eigenvalue weighted by atomic mass is 10.2. The van der Waals surface area contributed by atoms with Crippen molar-refractivity contribution in [3.05, 3.63) is 41.8 Å². The van der Waals surface area contributed by atoms with Crippen molar-refractivity contribution in [2.24, 2.45) is 0 Å². The smallest absolute Gasteiger partial charge is 0.192 e. The molecule has 0 atom stereocenters. The molecular formula is C13H14N4O. The Bertz CT molecular complexity index is 683. The molecule has 92 valence electrons. The van der Waals surface area contributed by atoms with Gasteiger partial charge in [-0.2, -0.15) is 0 Å². The van der Waals surface area contributed by atoms with E-state index in [0.29, 0.717) is 12.4 Å². The summed E-state index contributed by atoms with van der Waals surface area (Å²) in [5.74, 6) is 0.685. The van der Waals surface area contributed by atoms with Crippen LogP contribution in [0.1, 0.15) is 17.3 Å². The van der Waals surface area contributed by atoms with Gasteiger partial charge in [0, 0.05) is 18.3 Å². The summed E-state index contributed by atoms with van der Waals surface area (Å²) >= 11 is 0. The third-order valence-corrected chi connectivity index (χ3v) is 2.89. The highest BCUT2D eigenvalue weighted by molar-refractivity contribution is 5.77. The van der Waals surface area contributed by atoms with Crippen LogP contribution in [-0.4, -0.2) is 15.0 Å². The number of hydrogen-bond donors (Lipinski definition) is 2. The second-order valence-electron chi connectivity index (χ2n) is 4.24. The molecule has 2 aromatic heterocycles. The average Bonchev–Trinajstić information content (AvgIpc) is 2.90. The van der Waals surface area contributed by atoms with Gasteiger partial charge in [-0.1, -0.05) is 0 Å². The summed E-state index contributed by atoms with van der Waals surface area (Å²) in [5, 5.41) is 3.33. The van der Waals surface area contributed by atoms with E-state index in [9.17, 15) is 0 Å². The second kappa shape index (κ2) is 4.18. The lowest BCUT2D eigenvalue weighted by Crippen LogP contribution is -2.01. The maximum atomic E-state index is 5.44. The third-order valence-electron chi connectivity index (χ3n) is 2.89. The molecule has 0 saturated carbocycles. The van der Waals surface area contributed by atoms with Crippen LogP contribution in [0.3, 0.4) is 0 Å². The van der Waals surface area contributed by atoms with Gasteiger partial charge >= 0.3 is 0 Å². The summed E-state index contributed by atoms with van der Waals surface area (Å²) in [4.78, 5) is 11.6. The number of aromatic nitrogens is 3. The number of aromatic amines is 1. The van der Waals surface area contributed by atoms with Crippen LogP contribution >= 0.6 is 0 Å². The van der Waals surface area contributed by atoms with E-state index in [-0.39, 0.29) is 0 Å². The lowest BCUT2D eigenvalue weighted by molar-refractivity contribution is 0.561. The highest BCUT2D eigenvalue weighted by Gasteiger charge is 2.04. The van der Waals surface area contributed by atoms with Crippen LogP contribution in [0.2, 0.25) is 0 Å². The zero-order valence-electron chi connectivity index (χ0n) is 10.3.